The molecule has 0 saturated carbocycles. The summed E-state index contributed by atoms with van der Waals surface area (Å²) >= 11 is 0. The van der Waals surface area contributed by atoms with E-state index in [1.807, 2.05) is 0 Å². The van der Waals surface area contributed by atoms with Crippen molar-refractivity contribution in [1.29, 1.82) is 0 Å². The van der Waals surface area contributed by atoms with Gasteiger partial charge in [-0.1, -0.05) is 6.07 Å². The minimum absolute atomic E-state index is 0.0903. The summed E-state index contributed by atoms with van der Waals surface area (Å²) in [5.74, 6) is -2.68. The van der Waals surface area contributed by atoms with Crippen LogP contribution in [0.3, 0.4) is 0 Å². The van der Waals surface area contributed by atoms with Gasteiger partial charge >= 0.3 is 11.9 Å². The number of hydrogen-bond donors (Lipinski definition) is 5. The predicted octanol–water partition coefficient (Wildman–Crippen LogP) is -0.0130. The van der Waals surface area contributed by atoms with Crippen LogP contribution in [0.25, 0.3) is 0 Å². The van der Waals surface area contributed by atoms with Crippen molar-refractivity contribution in [3.05, 3.63) is 34.2 Å². The van der Waals surface area contributed by atoms with Gasteiger partial charge in [0.2, 0.25) is 5.56 Å². The molecule has 5 N–H and O–H groups in total. The third kappa shape index (κ3) is 9.26. The van der Waals surface area contributed by atoms with Crippen LogP contribution < -0.4 is 10.9 Å². The zero-order valence-corrected chi connectivity index (χ0v) is 11.9. The van der Waals surface area contributed by atoms with Crippen molar-refractivity contribution in [2.75, 3.05) is 6.54 Å². The summed E-state index contributed by atoms with van der Waals surface area (Å²) in [6, 6.07) is 3.70. The number of nitrogens with one attached hydrogen (secondary N) is 2. The van der Waals surface area contributed by atoms with Gasteiger partial charge in [-0.3, -0.25) is 14.4 Å². The molecule has 1 aliphatic rings. The summed E-state index contributed by atoms with van der Waals surface area (Å²) in [5.41, 5.74) is -0.493. The Labute approximate surface area is 125 Å². The lowest BCUT2D eigenvalue weighted by Gasteiger charge is -1.99. The number of carboxylic acid groups (broad SMARTS) is 3. The quantitative estimate of drug-likeness (QED) is 0.510. The molecule has 0 amide bonds. The molecule has 1 fully saturated rings. The highest BCUT2D eigenvalue weighted by Gasteiger charge is 2.20. The molecule has 0 bridgehead atoms. The Morgan fingerprint density at radius 1 is 1.18 bits per heavy atom. The van der Waals surface area contributed by atoms with E-state index < -0.39 is 23.5 Å². The van der Waals surface area contributed by atoms with Gasteiger partial charge < -0.3 is 25.6 Å². The van der Waals surface area contributed by atoms with E-state index >= 15 is 0 Å². The fourth-order valence-electron chi connectivity index (χ4n) is 1.47. The first kappa shape index (κ1) is 19.3. The van der Waals surface area contributed by atoms with Crippen molar-refractivity contribution in [3.8, 4) is 0 Å². The Morgan fingerprint density at radius 3 is 2.05 bits per heavy atom. The van der Waals surface area contributed by atoms with E-state index in [1.165, 1.54) is 18.2 Å². The molecule has 1 aromatic heterocycles. The summed E-state index contributed by atoms with van der Waals surface area (Å²) in [6.45, 7) is 1.94. The van der Waals surface area contributed by atoms with Crippen LogP contribution in [0.5, 0.6) is 0 Å². The standard InChI is InChI=1S/C6H5NO3.C5H9NO2.C2H4O2/c8-5-3-1-2-4(7-5)6(9)10;7-5(8)4-2-1-3-6-4;1-2(3)4/h1-3H,(H,7,8)(H,9,10);4,6H,1-3H2,(H,7,8);1H3,(H,3,4). The largest absolute Gasteiger partial charge is 0.481 e. The normalized spacial score (nSPS) is 15.6. The Balaban J connectivity index is 0.000000330. The van der Waals surface area contributed by atoms with Crippen LogP contribution in [-0.4, -0.2) is 50.8 Å². The summed E-state index contributed by atoms with van der Waals surface area (Å²) in [6.07, 6.45) is 1.78. The average Bonchev–Trinajstić information content (AvgIpc) is 2.92. The number of carboxylic acids is 3. The van der Waals surface area contributed by atoms with Crippen molar-refractivity contribution in [3.63, 3.8) is 0 Å². The second-order valence-corrected chi connectivity index (χ2v) is 4.24. The van der Waals surface area contributed by atoms with Crippen molar-refractivity contribution in [2.45, 2.75) is 25.8 Å². The van der Waals surface area contributed by atoms with Gasteiger partial charge in [-0.2, -0.15) is 0 Å². The van der Waals surface area contributed by atoms with E-state index in [0.717, 1.165) is 26.3 Å². The number of hydrogen-bond acceptors (Lipinski definition) is 5. The highest BCUT2D eigenvalue weighted by Crippen LogP contribution is 2.03. The van der Waals surface area contributed by atoms with Gasteiger partial charge in [0.25, 0.3) is 5.97 Å². The maximum atomic E-state index is 10.5. The van der Waals surface area contributed by atoms with E-state index in [2.05, 4.69) is 10.3 Å². The van der Waals surface area contributed by atoms with Crippen molar-refractivity contribution in [1.82, 2.24) is 10.3 Å². The zero-order valence-electron chi connectivity index (χ0n) is 11.9. The lowest BCUT2D eigenvalue weighted by molar-refractivity contribution is -0.139. The molecule has 1 unspecified atom stereocenters. The van der Waals surface area contributed by atoms with E-state index in [4.69, 9.17) is 20.1 Å². The maximum absolute atomic E-state index is 10.5. The monoisotopic (exact) mass is 314 g/mol. The molecule has 9 heteroatoms. The molecular formula is C13H18N2O7. The first-order valence-electron chi connectivity index (χ1n) is 6.32. The molecule has 1 aromatic rings. The number of H-pyrrole nitrogens is 1. The van der Waals surface area contributed by atoms with E-state index in [0.29, 0.717) is 0 Å². The average molecular weight is 314 g/mol. The van der Waals surface area contributed by atoms with Gasteiger partial charge in [0.15, 0.2) is 0 Å². The molecule has 0 spiro atoms. The molecule has 1 saturated heterocycles. The lowest BCUT2D eigenvalue weighted by atomic mass is 10.2. The van der Waals surface area contributed by atoms with Gasteiger partial charge in [0.1, 0.15) is 11.7 Å². The molecule has 22 heavy (non-hydrogen) atoms. The van der Waals surface area contributed by atoms with Crippen LogP contribution >= 0.6 is 0 Å². The number of pyridine rings is 1. The molecule has 0 aliphatic carbocycles. The van der Waals surface area contributed by atoms with E-state index in [1.54, 1.807) is 0 Å². The molecule has 122 valence electrons. The van der Waals surface area contributed by atoms with Crippen LogP contribution in [0.2, 0.25) is 0 Å². The predicted molar refractivity (Wildman–Crippen MR) is 76.0 cm³/mol. The van der Waals surface area contributed by atoms with Gasteiger partial charge in [0.05, 0.1) is 0 Å². The minimum Gasteiger partial charge on any atom is -0.481 e. The molecular weight excluding hydrogens is 296 g/mol. The number of aliphatic carboxylic acids is 2. The Morgan fingerprint density at radius 2 is 1.77 bits per heavy atom. The molecule has 1 atom stereocenters. The molecule has 1 aliphatic heterocycles. The fraction of sp³-hybridized carbons (Fsp3) is 0.385. The van der Waals surface area contributed by atoms with Gasteiger partial charge in [0, 0.05) is 13.0 Å². The molecule has 0 aromatic carbocycles. The number of carbonyl (C=O) groups is 3. The van der Waals surface area contributed by atoms with E-state index in [9.17, 15) is 14.4 Å². The molecule has 9 nitrogen and oxygen atoms in total. The third-order valence-corrected chi connectivity index (χ3v) is 2.36. The molecule has 2 heterocycles. The summed E-state index contributed by atoms with van der Waals surface area (Å²) in [7, 11) is 0. The van der Waals surface area contributed by atoms with Crippen LogP contribution in [0.15, 0.2) is 23.0 Å². The summed E-state index contributed by atoms with van der Waals surface area (Å²) in [5, 5.41) is 27.0. The number of aromatic amines is 1. The number of aromatic nitrogens is 1. The summed E-state index contributed by atoms with van der Waals surface area (Å²) in [4.78, 5) is 41.9. The van der Waals surface area contributed by atoms with Crippen LogP contribution in [0, 0.1) is 0 Å². The van der Waals surface area contributed by atoms with Crippen LogP contribution in [-0.2, 0) is 9.59 Å². The zero-order chi connectivity index (χ0) is 17.1. The second kappa shape index (κ2) is 10.1. The SMILES string of the molecule is CC(=O)O.O=C(O)C1CCCN1.O=C(O)c1cccc(=O)[nH]1. The Bertz CT molecular complexity index is 558. The fourth-order valence-corrected chi connectivity index (χ4v) is 1.47. The van der Waals surface area contributed by atoms with Crippen LogP contribution in [0.1, 0.15) is 30.3 Å². The molecule has 0 radical (unpaired) electrons. The maximum Gasteiger partial charge on any atom is 0.352 e. The first-order chi connectivity index (χ1) is 10.2. The lowest BCUT2D eigenvalue weighted by Crippen LogP contribution is -2.29. The van der Waals surface area contributed by atoms with Gasteiger partial charge in [-0.05, 0) is 25.5 Å². The molecule has 2 rings (SSSR count). The summed E-state index contributed by atoms with van der Waals surface area (Å²) < 4.78 is 0. The Hall–Kier alpha value is -2.68. The first-order valence-corrected chi connectivity index (χ1v) is 6.32. The highest BCUT2D eigenvalue weighted by atomic mass is 16.4. The van der Waals surface area contributed by atoms with E-state index in [-0.39, 0.29) is 11.7 Å². The number of aromatic carboxylic acids is 1. The third-order valence-electron chi connectivity index (χ3n) is 2.36. The van der Waals surface area contributed by atoms with Gasteiger partial charge in [-0.15, -0.1) is 0 Å². The number of rotatable bonds is 2. The Kier molecular flexibility index (Phi) is 8.87. The van der Waals surface area contributed by atoms with Gasteiger partial charge in [-0.25, -0.2) is 4.79 Å². The topological polar surface area (TPSA) is 157 Å². The van der Waals surface area contributed by atoms with Crippen molar-refractivity contribution < 1.29 is 29.7 Å². The van der Waals surface area contributed by atoms with Crippen molar-refractivity contribution in [2.24, 2.45) is 0 Å². The highest BCUT2D eigenvalue weighted by molar-refractivity contribution is 5.85. The van der Waals surface area contributed by atoms with Crippen molar-refractivity contribution >= 4 is 17.9 Å². The minimum atomic E-state index is -1.13. The smallest absolute Gasteiger partial charge is 0.352 e. The second-order valence-electron chi connectivity index (χ2n) is 4.24. The van der Waals surface area contributed by atoms with Crippen LogP contribution in [0.4, 0.5) is 0 Å².